The lowest BCUT2D eigenvalue weighted by molar-refractivity contribution is 0.00676. The third-order valence-corrected chi connectivity index (χ3v) is 6.35. The fraction of sp³-hybridized carbons (Fsp3) is 0.640. The second-order valence-corrected chi connectivity index (χ2v) is 8.98. The van der Waals surface area contributed by atoms with Crippen LogP contribution < -0.4 is 0 Å². The summed E-state index contributed by atoms with van der Waals surface area (Å²) in [5.41, 5.74) is -1.18. The Bertz CT molecular complexity index is 818. The van der Waals surface area contributed by atoms with Crippen molar-refractivity contribution in [3.63, 3.8) is 0 Å². The summed E-state index contributed by atoms with van der Waals surface area (Å²) in [7, 11) is 3.56. The van der Waals surface area contributed by atoms with Gasteiger partial charge < -0.3 is 19.3 Å². The zero-order valence-electron chi connectivity index (χ0n) is 20.4. The highest BCUT2D eigenvalue weighted by molar-refractivity contribution is 5.67. The van der Waals surface area contributed by atoms with Gasteiger partial charge in [-0.3, -0.25) is 0 Å². The number of unbranched alkanes of at least 4 members (excludes halogenated alkanes) is 3. The summed E-state index contributed by atoms with van der Waals surface area (Å²) in [6, 6.07) is -0.161. The molecular weight excluding hydrogens is 471 g/mol. The van der Waals surface area contributed by atoms with Crippen molar-refractivity contribution in [2.24, 2.45) is 0 Å². The minimum Gasteiger partial charge on any atom is -0.444 e. The highest BCUT2D eigenvalue weighted by atomic mass is 19.2. The van der Waals surface area contributed by atoms with Crippen LogP contribution in [0.1, 0.15) is 56.9 Å². The van der Waals surface area contributed by atoms with E-state index in [0.717, 1.165) is 51.6 Å². The molecule has 1 saturated carbocycles. The van der Waals surface area contributed by atoms with E-state index in [0.29, 0.717) is 19.4 Å². The molecule has 1 amide bonds. The Balaban J connectivity index is 1.66. The van der Waals surface area contributed by atoms with Crippen LogP contribution >= 0.6 is 0 Å². The average Bonchev–Trinajstić information content (AvgIpc) is 2.85. The Hall–Kier alpha value is -2.20. The number of benzene rings is 1. The molecule has 10 heteroatoms. The van der Waals surface area contributed by atoms with Gasteiger partial charge in [-0.1, -0.05) is 18.9 Å². The summed E-state index contributed by atoms with van der Waals surface area (Å²) in [6.07, 6.45) is 8.34. The van der Waals surface area contributed by atoms with Crippen molar-refractivity contribution in [1.29, 1.82) is 0 Å². The summed E-state index contributed by atoms with van der Waals surface area (Å²) in [5, 5.41) is 0. The van der Waals surface area contributed by atoms with E-state index >= 15 is 0 Å². The number of likely N-dealkylation sites (N-methyl/N-ethyl adjacent to an activating group) is 1. The van der Waals surface area contributed by atoms with Gasteiger partial charge in [0.1, 0.15) is 6.61 Å². The van der Waals surface area contributed by atoms with Gasteiger partial charge in [-0.2, -0.15) is 0 Å². The van der Waals surface area contributed by atoms with Gasteiger partial charge in [-0.05, 0) is 52.1 Å². The van der Waals surface area contributed by atoms with Gasteiger partial charge in [0.2, 0.25) is 5.82 Å². The molecule has 0 saturated heterocycles. The Kier molecular flexibility index (Phi) is 11.9. The van der Waals surface area contributed by atoms with Gasteiger partial charge in [-0.25, -0.2) is 26.7 Å². The number of halogens is 5. The molecule has 0 aromatic heterocycles. The summed E-state index contributed by atoms with van der Waals surface area (Å²) in [4.78, 5) is 15.8. The van der Waals surface area contributed by atoms with Crippen LogP contribution in [-0.2, 0) is 16.1 Å². The number of rotatable bonds is 13. The molecule has 1 aliphatic carbocycles. The first-order valence-corrected chi connectivity index (χ1v) is 12.0. The van der Waals surface area contributed by atoms with E-state index < -0.39 is 47.3 Å². The summed E-state index contributed by atoms with van der Waals surface area (Å²) >= 11 is 0. The van der Waals surface area contributed by atoms with Crippen molar-refractivity contribution in [2.45, 2.75) is 70.1 Å². The molecule has 0 N–H and O–H groups in total. The van der Waals surface area contributed by atoms with Crippen LogP contribution in [0.3, 0.4) is 0 Å². The second-order valence-electron chi connectivity index (χ2n) is 8.98. The van der Waals surface area contributed by atoms with Gasteiger partial charge in [0.05, 0.1) is 11.7 Å². The minimum absolute atomic E-state index is 0.114. The quantitative estimate of drug-likeness (QED) is 0.109. The highest BCUT2D eigenvalue weighted by Crippen LogP contribution is 2.27. The van der Waals surface area contributed by atoms with E-state index in [9.17, 15) is 26.7 Å². The first kappa shape index (κ1) is 29.0. The van der Waals surface area contributed by atoms with E-state index in [1.54, 1.807) is 0 Å². The van der Waals surface area contributed by atoms with Crippen LogP contribution in [0.15, 0.2) is 12.7 Å². The SMILES string of the molecule is C=CCN(C)CCCCCCOC1CCC(N(C)C(=O)OCc2c(F)c(F)c(F)c(F)c2F)CC1. The smallest absolute Gasteiger partial charge is 0.410 e. The average molecular weight is 507 g/mol. The molecule has 1 aliphatic rings. The second kappa shape index (κ2) is 14.4. The molecule has 1 aromatic carbocycles. The van der Waals surface area contributed by atoms with Gasteiger partial charge in [-0.15, -0.1) is 6.58 Å². The molecule has 35 heavy (non-hydrogen) atoms. The van der Waals surface area contributed by atoms with E-state index in [1.165, 1.54) is 11.9 Å². The number of carbonyl (C=O) groups is 1. The lowest BCUT2D eigenvalue weighted by Gasteiger charge is -2.34. The van der Waals surface area contributed by atoms with Crippen LogP contribution in [0, 0.1) is 29.1 Å². The van der Waals surface area contributed by atoms with Crippen molar-refractivity contribution < 1.29 is 36.2 Å². The largest absolute Gasteiger partial charge is 0.444 e. The molecule has 1 aromatic rings. The maximum Gasteiger partial charge on any atom is 0.410 e. The third kappa shape index (κ3) is 8.45. The monoisotopic (exact) mass is 506 g/mol. The molecule has 0 spiro atoms. The highest BCUT2D eigenvalue weighted by Gasteiger charge is 2.30. The Labute approximate surface area is 203 Å². The number of nitrogens with zero attached hydrogens (tertiary/aromatic N) is 2. The summed E-state index contributed by atoms with van der Waals surface area (Å²) < 4.78 is 78.1. The lowest BCUT2D eigenvalue weighted by atomic mass is 9.92. The first-order chi connectivity index (χ1) is 16.7. The third-order valence-electron chi connectivity index (χ3n) is 6.35. The van der Waals surface area contributed by atoms with Crippen LogP contribution in [0.25, 0.3) is 0 Å². The fourth-order valence-electron chi connectivity index (χ4n) is 4.16. The molecule has 198 valence electrons. The summed E-state index contributed by atoms with van der Waals surface area (Å²) in [6.45, 7) is 5.31. The molecular formula is C25H35F5N2O3. The molecule has 1 fully saturated rings. The zero-order chi connectivity index (χ0) is 26.0. The maximum atomic E-state index is 13.8. The van der Waals surface area contributed by atoms with Gasteiger partial charge in [0, 0.05) is 26.2 Å². The standard InChI is InChI=1S/C25H35F5N2O3/c1-4-13-31(2)14-7-5-6-8-15-34-18-11-9-17(10-12-18)32(3)25(33)35-16-19-20(26)22(28)24(30)23(29)21(19)27/h4,17-18H,1,5-16H2,2-3H3. The topological polar surface area (TPSA) is 42.0 Å². The lowest BCUT2D eigenvalue weighted by Crippen LogP contribution is -2.41. The van der Waals surface area contributed by atoms with E-state index in [-0.39, 0.29) is 12.1 Å². The van der Waals surface area contributed by atoms with Crippen LogP contribution in [0.4, 0.5) is 26.7 Å². The minimum atomic E-state index is -2.25. The Morgan fingerprint density at radius 1 is 0.914 bits per heavy atom. The molecule has 0 unspecified atom stereocenters. The van der Waals surface area contributed by atoms with Crippen molar-refractivity contribution >= 4 is 6.09 Å². The Morgan fingerprint density at radius 2 is 1.49 bits per heavy atom. The van der Waals surface area contributed by atoms with Gasteiger partial charge >= 0.3 is 6.09 Å². The van der Waals surface area contributed by atoms with E-state index in [2.05, 4.69) is 18.5 Å². The van der Waals surface area contributed by atoms with Crippen molar-refractivity contribution in [2.75, 3.05) is 33.8 Å². The molecule has 0 radical (unpaired) electrons. The van der Waals surface area contributed by atoms with Gasteiger partial charge in [0.15, 0.2) is 23.3 Å². The molecule has 0 bridgehead atoms. The molecule has 0 aliphatic heterocycles. The van der Waals surface area contributed by atoms with Crippen molar-refractivity contribution in [3.05, 3.63) is 47.3 Å². The molecule has 0 atom stereocenters. The van der Waals surface area contributed by atoms with Gasteiger partial charge in [0.25, 0.3) is 0 Å². The van der Waals surface area contributed by atoms with E-state index in [1.807, 2.05) is 6.08 Å². The fourth-order valence-corrected chi connectivity index (χ4v) is 4.16. The number of hydrogen-bond donors (Lipinski definition) is 0. The predicted octanol–water partition coefficient (Wildman–Crippen LogP) is 5.96. The zero-order valence-corrected chi connectivity index (χ0v) is 20.4. The molecule has 2 rings (SSSR count). The predicted molar refractivity (Wildman–Crippen MR) is 122 cm³/mol. The Morgan fingerprint density at radius 3 is 2.09 bits per heavy atom. The van der Waals surface area contributed by atoms with Crippen molar-refractivity contribution in [3.8, 4) is 0 Å². The summed E-state index contributed by atoms with van der Waals surface area (Å²) in [5.74, 6) is -10.4. The van der Waals surface area contributed by atoms with Crippen LogP contribution in [-0.4, -0.2) is 61.8 Å². The maximum absolute atomic E-state index is 13.8. The number of hydrogen-bond acceptors (Lipinski definition) is 4. The van der Waals surface area contributed by atoms with Crippen LogP contribution in [0.2, 0.25) is 0 Å². The van der Waals surface area contributed by atoms with Crippen LogP contribution in [0.5, 0.6) is 0 Å². The normalized spacial score (nSPS) is 18.1. The number of amides is 1. The first-order valence-electron chi connectivity index (χ1n) is 12.0. The van der Waals surface area contributed by atoms with E-state index in [4.69, 9.17) is 9.47 Å². The number of ether oxygens (including phenoxy) is 2. The molecule has 5 nitrogen and oxygen atoms in total. The number of carbonyl (C=O) groups excluding carboxylic acids is 1. The van der Waals surface area contributed by atoms with Crippen molar-refractivity contribution in [1.82, 2.24) is 9.80 Å². The molecule has 0 heterocycles.